The zero-order valence-corrected chi connectivity index (χ0v) is 12.3. The Bertz CT molecular complexity index is 302. The van der Waals surface area contributed by atoms with E-state index in [2.05, 4.69) is 10.6 Å². The van der Waals surface area contributed by atoms with Crippen LogP contribution in [0.5, 0.6) is 0 Å². The minimum absolute atomic E-state index is 0.0465. The number of ketones is 1. The number of nitrogens with one attached hydrogen (secondary N) is 2. The number of hydrogen-bond donors (Lipinski definition) is 2. The number of carbonyl (C=O) groups excluding carboxylic acids is 2. The van der Waals surface area contributed by atoms with Gasteiger partial charge < -0.3 is 15.4 Å². The Balaban J connectivity index is 2.21. The van der Waals surface area contributed by atoms with E-state index in [9.17, 15) is 9.59 Å². The van der Waals surface area contributed by atoms with E-state index >= 15 is 0 Å². The van der Waals surface area contributed by atoms with Crippen LogP contribution in [0.2, 0.25) is 0 Å². The summed E-state index contributed by atoms with van der Waals surface area (Å²) in [6, 6.07) is 0.260. The minimum Gasteiger partial charge on any atom is -0.444 e. The van der Waals surface area contributed by atoms with Crippen molar-refractivity contribution >= 4 is 11.9 Å². The van der Waals surface area contributed by atoms with Crippen molar-refractivity contribution < 1.29 is 14.3 Å². The van der Waals surface area contributed by atoms with Crippen molar-refractivity contribution in [2.75, 3.05) is 13.1 Å². The van der Waals surface area contributed by atoms with Gasteiger partial charge in [-0.2, -0.15) is 0 Å². The van der Waals surface area contributed by atoms with Crippen LogP contribution >= 0.6 is 0 Å². The number of alkyl carbamates (subject to hydrolysis) is 1. The topological polar surface area (TPSA) is 67.4 Å². The fourth-order valence-electron chi connectivity index (χ4n) is 2.11. The van der Waals surface area contributed by atoms with E-state index in [0.717, 1.165) is 13.0 Å². The molecule has 1 atom stereocenters. The van der Waals surface area contributed by atoms with Crippen LogP contribution in [0.3, 0.4) is 0 Å². The van der Waals surface area contributed by atoms with E-state index in [4.69, 9.17) is 4.74 Å². The molecular formula is C14H26N2O3. The van der Waals surface area contributed by atoms with Crippen LogP contribution in [0.1, 0.15) is 52.9 Å². The molecular weight excluding hydrogens is 244 g/mol. The first kappa shape index (κ1) is 16.0. The highest BCUT2D eigenvalue weighted by atomic mass is 16.6. The average Bonchev–Trinajstić information content (AvgIpc) is 2.53. The third kappa shape index (κ3) is 7.82. The van der Waals surface area contributed by atoms with Crippen molar-refractivity contribution in [3.8, 4) is 0 Å². The van der Waals surface area contributed by atoms with Crippen LogP contribution in [-0.2, 0) is 9.53 Å². The van der Waals surface area contributed by atoms with Gasteiger partial charge in [-0.15, -0.1) is 0 Å². The quantitative estimate of drug-likeness (QED) is 0.820. The largest absolute Gasteiger partial charge is 0.444 e. The zero-order chi connectivity index (χ0) is 14.3. The predicted octanol–water partition coefficient (Wildman–Crippen LogP) is 2.00. The third-order valence-corrected chi connectivity index (χ3v) is 2.97. The van der Waals surface area contributed by atoms with Crippen LogP contribution in [0.4, 0.5) is 4.79 Å². The van der Waals surface area contributed by atoms with Crippen LogP contribution in [0.15, 0.2) is 0 Å². The molecule has 110 valence electrons. The molecule has 1 aliphatic rings. The minimum atomic E-state index is -0.533. The molecule has 1 rings (SSSR count). The van der Waals surface area contributed by atoms with E-state index in [-0.39, 0.29) is 18.4 Å². The molecule has 0 aromatic carbocycles. The lowest BCUT2D eigenvalue weighted by molar-refractivity contribution is -0.118. The van der Waals surface area contributed by atoms with Gasteiger partial charge in [0.2, 0.25) is 0 Å². The van der Waals surface area contributed by atoms with E-state index in [1.807, 2.05) is 0 Å². The molecule has 0 spiro atoms. The van der Waals surface area contributed by atoms with Gasteiger partial charge in [-0.1, -0.05) is 12.8 Å². The molecule has 1 heterocycles. The predicted molar refractivity (Wildman–Crippen MR) is 74.1 cm³/mol. The van der Waals surface area contributed by atoms with E-state index in [1.54, 1.807) is 20.8 Å². The monoisotopic (exact) mass is 270 g/mol. The summed E-state index contributed by atoms with van der Waals surface area (Å²) >= 11 is 0. The van der Waals surface area contributed by atoms with Crippen molar-refractivity contribution in [3.05, 3.63) is 0 Å². The highest BCUT2D eigenvalue weighted by Crippen LogP contribution is 2.11. The van der Waals surface area contributed by atoms with Crippen molar-refractivity contribution in [1.82, 2.24) is 10.6 Å². The van der Waals surface area contributed by atoms with Crippen molar-refractivity contribution in [3.63, 3.8) is 0 Å². The fourth-order valence-corrected chi connectivity index (χ4v) is 2.11. The molecule has 1 amide bonds. The second kappa shape index (κ2) is 7.48. The summed E-state index contributed by atoms with van der Waals surface area (Å²) in [4.78, 5) is 23.2. The molecule has 5 heteroatoms. The Kier molecular flexibility index (Phi) is 6.28. The molecule has 0 aromatic heterocycles. The molecule has 1 unspecified atom stereocenters. The Morgan fingerprint density at radius 3 is 2.68 bits per heavy atom. The van der Waals surface area contributed by atoms with Crippen molar-refractivity contribution in [2.24, 2.45) is 0 Å². The lowest BCUT2D eigenvalue weighted by atomic mass is 10.1. The molecule has 0 saturated carbocycles. The van der Waals surface area contributed by atoms with Gasteiger partial charge in [-0.05, 0) is 40.2 Å². The maximum Gasteiger partial charge on any atom is 0.408 e. The smallest absolute Gasteiger partial charge is 0.408 e. The van der Waals surface area contributed by atoms with Gasteiger partial charge in [0.15, 0.2) is 5.78 Å². The van der Waals surface area contributed by atoms with Gasteiger partial charge in [0, 0.05) is 12.5 Å². The summed E-state index contributed by atoms with van der Waals surface area (Å²) in [6.45, 7) is 6.42. The molecule has 0 aliphatic carbocycles. The number of rotatable bonds is 4. The standard InChI is InChI=1S/C14H26N2O3/c1-14(2,3)19-13(18)16-10-12(17)9-11-7-5-4-6-8-15-11/h11,15H,4-10H2,1-3H3,(H,16,18). The summed E-state index contributed by atoms with van der Waals surface area (Å²) in [6.07, 6.45) is 4.57. The average molecular weight is 270 g/mol. The number of hydrogen-bond acceptors (Lipinski definition) is 4. The maximum atomic E-state index is 11.8. The Morgan fingerprint density at radius 2 is 2.00 bits per heavy atom. The van der Waals surface area contributed by atoms with E-state index < -0.39 is 11.7 Å². The van der Waals surface area contributed by atoms with Crippen LogP contribution in [-0.4, -0.2) is 36.6 Å². The highest BCUT2D eigenvalue weighted by Gasteiger charge is 2.18. The normalized spacial score (nSPS) is 20.5. The SMILES string of the molecule is CC(C)(C)OC(=O)NCC(=O)CC1CCCCCN1. The summed E-state index contributed by atoms with van der Waals surface area (Å²) in [7, 11) is 0. The van der Waals surface area contributed by atoms with Gasteiger partial charge in [0.25, 0.3) is 0 Å². The molecule has 2 N–H and O–H groups in total. The van der Waals surface area contributed by atoms with Crippen molar-refractivity contribution in [2.45, 2.75) is 64.5 Å². The fraction of sp³-hybridized carbons (Fsp3) is 0.857. The van der Waals surface area contributed by atoms with Crippen molar-refractivity contribution in [1.29, 1.82) is 0 Å². The Labute approximate surface area is 115 Å². The molecule has 0 bridgehead atoms. The van der Waals surface area contributed by atoms with Gasteiger partial charge in [-0.3, -0.25) is 4.79 Å². The number of Topliss-reactive ketones (excluding diaryl/α,β-unsaturated/α-hetero) is 1. The molecule has 19 heavy (non-hydrogen) atoms. The molecule has 1 aliphatic heterocycles. The second-order valence-corrected chi connectivity index (χ2v) is 6.10. The van der Waals surface area contributed by atoms with Crippen LogP contribution in [0, 0.1) is 0 Å². The first-order chi connectivity index (χ1) is 8.87. The first-order valence-corrected chi connectivity index (χ1v) is 7.09. The molecule has 1 fully saturated rings. The van der Waals surface area contributed by atoms with Crippen LogP contribution < -0.4 is 10.6 Å². The summed E-state index contributed by atoms with van der Waals surface area (Å²) in [5, 5.41) is 5.88. The Morgan fingerprint density at radius 1 is 1.26 bits per heavy atom. The summed E-state index contributed by atoms with van der Waals surface area (Å²) in [5.74, 6) is 0.0465. The number of carbonyl (C=O) groups is 2. The van der Waals surface area contributed by atoms with Crippen LogP contribution in [0.25, 0.3) is 0 Å². The lowest BCUT2D eigenvalue weighted by Crippen LogP contribution is -2.38. The number of amides is 1. The highest BCUT2D eigenvalue weighted by molar-refractivity contribution is 5.84. The zero-order valence-electron chi connectivity index (χ0n) is 12.3. The molecule has 5 nitrogen and oxygen atoms in total. The first-order valence-electron chi connectivity index (χ1n) is 7.09. The van der Waals surface area contributed by atoms with E-state index in [1.165, 1.54) is 19.3 Å². The van der Waals surface area contributed by atoms with Gasteiger partial charge in [-0.25, -0.2) is 4.79 Å². The summed E-state index contributed by atoms with van der Waals surface area (Å²) < 4.78 is 5.08. The van der Waals surface area contributed by atoms with E-state index in [0.29, 0.717) is 6.42 Å². The second-order valence-electron chi connectivity index (χ2n) is 6.10. The number of ether oxygens (including phenoxy) is 1. The molecule has 0 radical (unpaired) electrons. The van der Waals surface area contributed by atoms with Gasteiger partial charge in [0.1, 0.15) is 5.60 Å². The maximum absolute atomic E-state index is 11.8. The summed E-state index contributed by atoms with van der Waals surface area (Å²) in [5.41, 5.74) is -0.532. The molecule has 0 aromatic rings. The van der Waals surface area contributed by atoms with Gasteiger partial charge in [0.05, 0.1) is 6.54 Å². The lowest BCUT2D eigenvalue weighted by Gasteiger charge is -2.20. The van der Waals surface area contributed by atoms with Gasteiger partial charge >= 0.3 is 6.09 Å². The third-order valence-electron chi connectivity index (χ3n) is 2.97. The molecule has 1 saturated heterocycles. The Hall–Kier alpha value is -1.10.